The van der Waals surface area contributed by atoms with Gasteiger partial charge in [-0.1, -0.05) is 164 Å². The van der Waals surface area contributed by atoms with Gasteiger partial charge in [-0.25, -0.2) is 24.9 Å². The first-order chi connectivity index (χ1) is 29.2. The molecule has 0 fully saturated rings. The fraction of sp³-hybridized carbons (Fsp3) is 0. The maximum Gasteiger partial charge on any atom is 0.164 e. The fourth-order valence-corrected chi connectivity index (χ4v) is 9.07. The summed E-state index contributed by atoms with van der Waals surface area (Å²) in [7, 11) is 0. The van der Waals surface area contributed by atoms with Crippen LogP contribution in [0.5, 0.6) is 0 Å². The van der Waals surface area contributed by atoms with E-state index >= 15 is 0 Å². The Bertz CT molecular complexity index is 3310. The van der Waals surface area contributed by atoms with Gasteiger partial charge in [-0.05, 0) is 63.7 Å². The van der Waals surface area contributed by atoms with Gasteiger partial charge in [0.15, 0.2) is 23.1 Å². The topological polar surface area (TPSA) is 64.5 Å². The van der Waals surface area contributed by atoms with Crippen LogP contribution >= 0.6 is 11.3 Å². The molecule has 276 valence electrons. The molecular weight excluding hydrogens is 739 g/mol. The van der Waals surface area contributed by atoms with Crippen molar-refractivity contribution < 1.29 is 0 Å². The van der Waals surface area contributed by atoms with Crippen LogP contribution in [0, 0.1) is 0 Å². The van der Waals surface area contributed by atoms with Gasteiger partial charge >= 0.3 is 0 Å². The molecule has 0 atom stereocenters. The fourth-order valence-electron chi connectivity index (χ4n) is 7.84. The van der Waals surface area contributed by atoms with Crippen molar-refractivity contribution >= 4 is 42.5 Å². The second-order valence-corrected chi connectivity index (χ2v) is 15.5. The summed E-state index contributed by atoms with van der Waals surface area (Å²) in [5.74, 6) is 1.90. The summed E-state index contributed by atoms with van der Waals surface area (Å²) in [5, 5.41) is 3.55. The largest absolute Gasteiger partial charge is 0.237 e. The SMILES string of the molecule is c1ccc(-c2ccc(-c3nc(-c4ccccc4)nc(-c4cccc(-c5ccc(-c6cccc(-c7nc8ncccc8c8c7sc7ccccc78)c6)cc5)c4)n3)cc2)cc1. The summed E-state index contributed by atoms with van der Waals surface area (Å²) >= 11 is 1.79. The first-order valence-corrected chi connectivity index (χ1v) is 20.4. The number of hydrogen-bond acceptors (Lipinski definition) is 6. The lowest BCUT2D eigenvalue weighted by atomic mass is 9.97. The van der Waals surface area contributed by atoms with Crippen LogP contribution < -0.4 is 0 Å². The van der Waals surface area contributed by atoms with Gasteiger partial charge in [0.25, 0.3) is 0 Å². The molecule has 0 aliphatic rings. The van der Waals surface area contributed by atoms with E-state index in [4.69, 9.17) is 19.9 Å². The minimum atomic E-state index is 0.626. The molecule has 0 spiro atoms. The van der Waals surface area contributed by atoms with Crippen molar-refractivity contribution in [1.29, 1.82) is 0 Å². The molecule has 59 heavy (non-hydrogen) atoms. The number of rotatable bonds is 7. The second kappa shape index (κ2) is 14.7. The molecule has 5 nitrogen and oxygen atoms in total. The Morgan fingerprint density at radius 2 is 0.780 bits per heavy atom. The third kappa shape index (κ3) is 6.52. The Labute approximate surface area is 345 Å². The summed E-state index contributed by atoms with van der Waals surface area (Å²) in [6, 6.07) is 67.5. The molecule has 11 aromatic rings. The van der Waals surface area contributed by atoms with Crippen molar-refractivity contribution in [3.63, 3.8) is 0 Å². The van der Waals surface area contributed by atoms with E-state index in [1.165, 1.54) is 25.7 Å². The van der Waals surface area contributed by atoms with E-state index < -0.39 is 0 Å². The van der Waals surface area contributed by atoms with Gasteiger partial charge in [-0.2, -0.15) is 0 Å². The van der Waals surface area contributed by atoms with Crippen LogP contribution in [0.25, 0.3) is 110 Å². The van der Waals surface area contributed by atoms with Crippen LogP contribution in [0.1, 0.15) is 0 Å². The summed E-state index contributed by atoms with van der Waals surface area (Å²) in [5.41, 5.74) is 12.4. The zero-order valence-corrected chi connectivity index (χ0v) is 32.5. The van der Waals surface area contributed by atoms with E-state index in [1.807, 2.05) is 48.7 Å². The van der Waals surface area contributed by atoms with Gasteiger partial charge < -0.3 is 0 Å². The number of benzene rings is 7. The summed E-state index contributed by atoms with van der Waals surface area (Å²) in [4.78, 5) is 24.8. The number of thiophene rings is 1. The number of fused-ring (bicyclic) bond motifs is 5. The summed E-state index contributed by atoms with van der Waals surface area (Å²) in [6.07, 6.45) is 1.82. The summed E-state index contributed by atoms with van der Waals surface area (Å²) < 4.78 is 2.43. The maximum absolute atomic E-state index is 5.14. The van der Waals surface area contributed by atoms with E-state index in [-0.39, 0.29) is 0 Å². The standard InChI is InChI=1S/C53H33N5S/c1-3-12-34(13-4-1)35-27-29-39(30-28-35)51-56-50(38-14-5-2-6-15-38)57-52(58-51)43-19-10-17-41(33-43)37-25-23-36(24-26-37)40-16-9-18-42(32-40)48-49-47(44-20-7-8-22-46(44)59-49)45-21-11-31-54-53(45)55-48/h1-33H. The zero-order valence-electron chi connectivity index (χ0n) is 31.7. The average molecular weight is 772 g/mol. The Morgan fingerprint density at radius 3 is 1.46 bits per heavy atom. The number of aromatic nitrogens is 5. The average Bonchev–Trinajstić information content (AvgIpc) is 3.72. The molecular formula is C53H33N5S. The molecule has 0 saturated heterocycles. The first kappa shape index (κ1) is 34.6. The van der Waals surface area contributed by atoms with E-state index in [9.17, 15) is 0 Å². The Balaban J connectivity index is 0.929. The molecule has 0 aliphatic heterocycles. The molecule has 0 unspecified atom stereocenters. The molecule has 7 aromatic carbocycles. The molecule has 0 bridgehead atoms. The number of hydrogen-bond donors (Lipinski definition) is 0. The first-order valence-electron chi connectivity index (χ1n) is 19.6. The predicted octanol–water partition coefficient (Wildman–Crippen LogP) is 13.9. The van der Waals surface area contributed by atoms with Crippen LogP contribution in [0.4, 0.5) is 0 Å². The van der Waals surface area contributed by atoms with Gasteiger partial charge in [0.2, 0.25) is 0 Å². The summed E-state index contributed by atoms with van der Waals surface area (Å²) in [6.45, 7) is 0. The monoisotopic (exact) mass is 771 g/mol. The van der Waals surface area contributed by atoms with Crippen molar-refractivity contribution in [2.75, 3.05) is 0 Å². The van der Waals surface area contributed by atoms with Crippen molar-refractivity contribution in [3.05, 3.63) is 200 Å². The number of nitrogens with zero attached hydrogens (tertiary/aromatic N) is 5. The van der Waals surface area contributed by atoms with Gasteiger partial charge in [0.05, 0.1) is 10.4 Å². The third-order valence-corrected chi connectivity index (χ3v) is 12.0. The van der Waals surface area contributed by atoms with Crippen molar-refractivity contribution in [2.24, 2.45) is 0 Å². The third-order valence-electron chi connectivity index (χ3n) is 10.8. The minimum Gasteiger partial charge on any atom is -0.237 e. The highest BCUT2D eigenvalue weighted by Gasteiger charge is 2.18. The maximum atomic E-state index is 5.14. The van der Waals surface area contributed by atoms with Crippen LogP contribution in [0.2, 0.25) is 0 Å². The Hall–Kier alpha value is -7.67. The normalized spacial score (nSPS) is 11.4. The molecule has 0 radical (unpaired) electrons. The highest BCUT2D eigenvalue weighted by atomic mass is 32.1. The Morgan fingerprint density at radius 1 is 0.322 bits per heavy atom. The van der Waals surface area contributed by atoms with Gasteiger partial charge in [0, 0.05) is 49.3 Å². The van der Waals surface area contributed by atoms with E-state index in [1.54, 1.807) is 11.3 Å². The molecule has 0 saturated carbocycles. The molecule has 6 heteroatoms. The van der Waals surface area contributed by atoms with Crippen LogP contribution in [0.3, 0.4) is 0 Å². The van der Waals surface area contributed by atoms with Crippen molar-refractivity contribution in [2.45, 2.75) is 0 Å². The van der Waals surface area contributed by atoms with Crippen LogP contribution in [-0.2, 0) is 0 Å². The van der Waals surface area contributed by atoms with Crippen molar-refractivity contribution in [3.8, 4) is 78.8 Å². The molecule has 11 rings (SSSR count). The predicted molar refractivity (Wildman–Crippen MR) is 244 cm³/mol. The van der Waals surface area contributed by atoms with E-state index in [0.717, 1.165) is 66.8 Å². The van der Waals surface area contributed by atoms with Crippen molar-refractivity contribution in [1.82, 2.24) is 24.9 Å². The minimum absolute atomic E-state index is 0.626. The lowest BCUT2D eigenvalue weighted by Crippen LogP contribution is -2.00. The van der Waals surface area contributed by atoms with Gasteiger partial charge in [-0.15, -0.1) is 11.3 Å². The van der Waals surface area contributed by atoms with Gasteiger partial charge in [-0.3, -0.25) is 0 Å². The van der Waals surface area contributed by atoms with Crippen LogP contribution in [0.15, 0.2) is 200 Å². The lowest BCUT2D eigenvalue weighted by Gasteiger charge is -2.11. The molecule has 4 aromatic heterocycles. The molecule has 4 heterocycles. The highest BCUT2D eigenvalue weighted by molar-refractivity contribution is 7.26. The number of pyridine rings is 2. The highest BCUT2D eigenvalue weighted by Crippen LogP contribution is 2.43. The van der Waals surface area contributed by atoms with E-state index in [2.05, 4.69) is 157 Å². The molecule has 0 amide bonds. The second-order valence-electron chi connectivity index (χ2n) is 14.5. The van der Waals surface area contributed by atoms with E-state index in [0.29, 0.717) is 17.5 Å². The zero-order chi connectivity index (χ0) is 39.1. The van der Waals surface area contributed by atoms with Crippen LogP contribution in [-0.4, -0.2) is 24.9 Å². The quantitative estimate of drug-likeness (QED) is 0.161. The van der Waals surface area contributed by atoms with Gasteiger partial charge in [0.1, 0.15) is 0 Å². The molecule has 0 aliphatic carbocycles. The smallest absolute Gasteiger partial charge is 0.164 e. The molecule has 0 N–H and O–H groups in total. The lowest BCUT2D eigenvalue weighted by molar-refractivity contribution is 1.07. The Kier molecular flexibility index (Phi) is 8.60.